The monoisotopic (exact) mass is 237 g/mol. The highest BCUT2D eigenvalue weighted by molar-refractivity contribution is 7.13. The fourth-order valence-electron chi connectivity index (χ4n) is 1.81. The van der Waals surface area contributed by atoms with Crippen LogP contribution in [0, 0.1) is 0 Å². The van der Waals surface area contributed by atoms with Crippen molar-refractivity contribution in [1.29, 1.82) is 0 Å². The normalized spacial score (nSPS) is 19.9. The molecule has 4 heteroatoms. The Morgan fingerprint density at radius 2 is 2.38 bits per heavy atom. The Balaban J connectivity index is 1.84. The van der Waals surface area contributed by atoms with E-state index in [0.29, 0.717) is 10.9 Å². The Bertz CT molecular complexity index is 397. The minimum atomic E-state index is -0.836. The molecule has 16 heavy (non-hydrogen) atoms. The lowest BCUT2D eigenvalue weighted by molar-refractivity contribution is 0.0702. The maximum absolute atomic E-state index is 10.7. The molecule has 0 amide bonds. The molecule has 1 unspecified atom stereocenters. The summed E-state index contributed by atoms with van der Waals surface area (Å²) < 4.78 is 0. The summed E-state index contributed by atoms with van der Waals surface area (Å²) in [6, 6.07) is 4.10. The van der Waals surface area contributed by atoms with E-state index in [9.17, 15) is 4.79 Å². The van der Waals surface area contributed by atoms with E-state index in [4.69, 9.17) is 5.11 Å². The fraction of sp³-hybridized carbons (Fsp3) is 0.417. The maximum Gasteiger partial charge on any atom is 0.345 e. The lowest BCUT2D eigenvalue weighted by atomic mass is 10.0. The van der Waals surface area contributed by atoms with Gasteiger partial charge in [-0.05, 0) is 31.4 Å². The number of carboxylic acids is 1. The second-order valence-electron chi connectivity index (χ2n) is 3.93. The van der Waals surface area contributed by atoms with Gasteiger partial charge in [0.2, 0.25) is 0 Å². The number of thiophene rings is 1. The summed E-state index contributed by atoms with van der Waals surface area (Å²) in [4.78, 5) is 12.2. The van der Waals surface area contributed by atoms with Gasteiger partial charge in [0.15, 0.2) is 0 Å². The first-order valence-corrected chi connectivity index (χ1v) is 6.28. The van der Waals surface area contributed by atoms with Gasteiger partial charge in [-0.1, -0.05) is 12.2 Å². The Kier molecular flexibility index (Phi) is 3.74. The molecule has 0 aliphatic heterocycles. The molecule has 1 aliphatic rings. The topological polar surface area (TPSA) is 49.3 Å². The molecule has 1 heterocycles. The highest BCUT2D eigenvalue weighted by atomic mass is 32.1. The van der Waals surface area contributed by atoms with Crippen LogP contribution >= 0.6 is 11.3 Å². The molecule has 86 valence electrons. The van der Waals surface area contributed by atoms with Crippen molar-refractivity contribution in [3.8, 4) is 0 Å². The molecule has 0 radical (unpaired) electrons. The smallest absolute Gasteiger partial charge is 0.345 e. The van der Waals surface area contributed by atoms with E-state index in [1.54, 1.807) is 6.07 Å². The summed E-state index contributed by atoms with van der Waals surface area (Å²) in [6.07, 6.45) is 7.82. The van der Waals surface area contributed by atoms with Crippen molar-refractivity contribution in [3.05, 3.63) is 34.0 Å². The first-order valence-electron chi connectivity index (χ1n) is 5.46. The van der Waals surface area contributed by atoms with Crippen LogP contribution in [0.3, 0.4) is 0 Å². The first-order chi connectivity index (χ1) is 7.75. The number of hydrogen-bond acceptors (Lipinski definition) is 3. The first kappa shape index (κ1) is 11.4. The minimum absolute atomic E-state index is 0.417. The van der Waals surface area contributed by atoms with Gasteiger partial charge in [0.05, 0.1) is 0 Å². The van der Waals surface area contributed by atoms with Crippen LogP contribution < -0.4 is 5.32 Å². The number of carbonyl (C=O) groups is 1. The lowest BCUT2D eigenvalue weighted by Gasteiger charge is -2.18. The van der Waals surface area contributed by atoms with Gasteiger partial charge in [-0.3, -0.25) is 0 Å². The SMILES string of the molecule is O=C(O)c1ccc(CNC2CC=CCC2)s1. The predicted octanol–water partition coefficient (Wildman–Crippen LogP) is 2.64. The quantitative estimate of drug-likeness (QED) is 0.791. The zero-order valence-electron chi connectivity index (χ0n) is 8.98. The third kappa shape index (κ3) is 2.93. The summed E-state index contributed by atoms with van der Waals surface area (Å²) in [6.45, 7) is 0.774. The zero-order chi connectivity index (χ0) is 11.4. The number of aromatic carboxylic acids is 1. The van der Waals surface area contributed by atoms with Crippen LogP contribution in [0.2, 0.25) is 0 Å². The number of hydrogen-bond donors (Lipinski definition) is 2. The molecule has 1 aliphatic carbocycles. The zero-order valence-corrected chi connectivity index (χ0v) is 9.80. The van der Waals surface area contributed by atoms with E-state index in [2.05, 4.69) is 17.5 Å². The number of carboxylic acid groups (broad SMARTS) is 1. The second kappa shape index (κ2) is 5.27. The van der Waals surface area contributed by atoms with Crippen molar-refractivity contribution >= 4 is 17.3 Å². The highest BCUT2D eigenvalue weighted by Crippen LogP contribution is 2.17. The molecule has 0 saturated carbocycles. The Morgan fingerprint density at radius 3 is 3.00 bits per heavy atom. The van der Waals surface area contributed by atoms with Crippen LogP contribution in [0.15, 0.2) is 24.3 Å². The van der Waals surface area contributed by atoms with E-state index in [1.165, 1.54) is 17.8 Å². The van der Waals surface area contributed by atoms with Gasteiger partial charge in [0.25, 0.3) is 0 Å². The Hall–Kier alpha value is -1.13. The Morgan fingerprint density at radius 1 is 1.50 bits per heavy atom. The maximum atomic E-state index is 10.7. The van der Waals surface area contributed by atoms with Gasteiger partial charge in [-0.25, -0.2) is 4.79 Å². The summed E-state index contributed by atoms with van der Waals surface area (Å²) in [5, 5.41) is 12.3. The fourth-order valence-corrected chi connectivity index (χ4v) is 2.61. The van der Waals surface area contributed by atoms with Gasteiger partial charge in [-0.15, -0.1) is 11.3 Å². The van der Waals surface area contributed by atoms with Crippen molar-refractivity contribution in [2.24, 2.45) is 0 Å². The van der Waals surface area contributed by atoms with Crippen LogP contribution in [-0.2, 0) is 6.54 Å². The lowest BCUT2D eigenvalue weighted by Crippen LogP contribution is -2.28. The third-order valence-corrected chi connectivity index (χ3v) is 3.78. The number of nitrogens with one attached hydrogen (secondary N) is 1. The second-order valence-corrected chi connectivity index (χ2v) is 5.10. The molecule has 2 N–H and O–H groups in total. The molecule has 1 aromatic heterocycles. The van der Waals surface area contributed by atoms with Crippen molar-refractivity contribution < 1.29 is 9.90 Å². The number of allylic oxidation sites excluding steroid dienone is 1. The van der Waals surface area contributed by atoms with Gasteiger partial charge < -0.3 is 10.4 Å². The van der Waals surface area contributed by atoms with Crippen LogP contribution in [-0.4, -0.2) is 17.1 Å². The molecular formula is C12H15NO2S. The van der Waals surface area contributed by atoms with E-state index < -0.39 is 5.97 Å². The van der Waals surface area contributed by atoms with Gasteiger partial charge in [-0.2, -0.15) is 0 Å². The van der Waals surface area contributed by atoms with Crippen molar-refractivity contribution in [3.63, 3.8) is 0 Å². The summed E-state index contributed by atoms with van der Waals surface area (Å²) in [5.74, 6) is -0.836. The average molecular weight is 237 g/mol. The highest BCUT2D eigenvalue weighted by Gasteiger charge is 2.10. The third-order valence-electron chi connectivity index (χ3n) is 2.71. The van der Waals surface area contributed by atoms with Crippen LogP contribution in [0.5, 0.6) is 0 Å². The van der Waals surface area contributed by atoms with E-state index in [0.717, 1.165) is 24.3 Å². The largest absolute Gasteiger partial charge is 0.477 e. The molecule has 2 rings (SSSR count). The molecule has 3 nitrogen and oxygen atoms in total. The molecule has 1 aromatic rings. The standard InChI is InChI=1S/C12H15NO2S/c14-12(15)11-7-6-10(16-11)8-13-9-4-2-1-3-5-9/h1-2,6-7,9,13H,3-5,8H2,(H,14,15). The summed E-state index contributed by atoms with van der Waals surface area (Å²) >= 11 is 1.35. The molecule has 0 spiro atoms. The summed E-state index contributed by atoms with van der Waals surface area (Å²) in [7, 11) is 0. The average Bonchev–Trinajstić information content (AvgIpc) is 2.76. The van der Waals surface area contributed by atoms with Crippen molar-refractivity contribution in [1.82, 2.24) is 5.32 Å². The van der Waals surface area contributed by atoms with Crippen LogP contribution in [0.4, 0.5) is 0 Å². The molecule has 0 aromatic carbocycles. The predicted molar refractivity (Wildman–Crippen MR) is 64.9 cm³/mol. The molecule has 0 bridgehead atoms. The minimum Gasteiger partial charge on any atom is -0.477 e. The van der Waals surface area contributed by atoms with Crippen LogP contribution in [0.1, 0.15) is 33.8 Å². The van der Waals surface area contributed by atoms with Gasteiger partial charge in [0, 0.05) is 17.5 Å². The molecular weight excluding hydrogens is 222 g/mol. The van der Waals surface area contributed by atoms with E-state index in [1.807, 2.05) is 6.07 Å². The van der Waals surface area contributed by atoms with E-state index in [-0.39, 0.29) is 0 Å². The number of rotatable bonds is 4. The molecule has 0 fully saturated rings. The van der Waals surface area contributed by atoms with Gasteiger partial charge in [0.1, 0.15) is 4.88 Å². The Labute approximate surface area is 98.8 Å². The molecule has 1 atom stereocenters. The summed E-state index contributed by atoms with van der Waals surface area (Å²) in [5.41, 5.74) is 0. The van der Waals surface area contributed by atoms with Gasteiger partial charge >= 0.3 is 5.97 Å². The van der Waals surface area contributed by atoms with Crippen molar-refractivity contribution in [2.45, 2.75) is 31.8 Å². The van der Waals surface area contributed by atoms with Crippen LogP contribution in [0.25, 0.3) is 0 Å². The van der Waals surface area contributed by atoms with E-state index >= 15 is 0 Å². The molecule has 0 saturated heterocycles. The van der Waals surface area contributed by atoms with Crippen molar-refractivity contribution in [2.75, 3.05) is 0 Å².